The minimum Gasteiger partial charge on any atom is -0.342 e. The van der Waals surface area contributed by atoms with Crippen molar-refractivity contribution in [1.82, 2.24) is 20.1 Å². The largest absolute Gasteiger partial charge is 0.433 e. The number of rotatable bonds is 5. The van der Waals surface area contributed by atoms with Gasteiger partial charge in [0.25, 0.3) is 5.91 Å². The van der Waals surface area contributed by atoms with Gasteiger partial charge in [0.05, 0.1) is 11.7 Å². The maximum absolute atomic E-state index is 13.0. The molecule has 1 amide bonds. The van der Waals surface area contributed by atoms with Crippen LogP contribution >= 0.6 is 0 Å². The smallest absolute Gasteiger partial charge is 0.342 e. The van der Waals surface area contributed by atoms with Gasteiger partial charge in [-0.05, 0) is 56.2 Å². The van der Waals surface area contributed by atoms with E-state index < -0.39 is 17.8 Å². The van der Waals surface area contributed by atoms with Gasteiger partial charge in [-0.3, -0.25) is 14.5 Å². The van der Waals surface area contributed by atoms with E-state index in [2.05, 4.69) is 15.4 Å². The van der Waals surface area contributed by atoms with Crippen molar-refractivity contribution in [3.8, 4) is 0 Å². The van der Waals surface area contributed by atoms with Gasteiger partial charge in [-0.25, -0.2) is 0 Å². The van der Waals surface area contributed by atoms with Crippen LogP contribution in [0.1, 0.15) is 53.6 Å². The molecule has 3 rings (SSSR count). The maximum atomic E-state index is 13.0. The van der Waals surface area contributed by atoms with Crippen LogP contribution in [-0.4, -0.2) is 27.2 Å². The van der Waals surface area contributed by atoms with Crippen LogP contribution in [0.25, 0.3) is 0 Å². The Morgan fingerprint density at radius 1 is 1.32 bits per heavy atom. The topological polar surface area (TPSA) is 85.8 Å². The van der Waals surface area contributed by atoms with Crippen molar-refractivity contribution in [2.45, 2.75) is 37.9 Å². The van der Waals surface area contributed by atoms with Gasteiger partial charge in [-0.15, -0.1) is 0 Å². The van der Waals surface area contributed by atoms with E-state index in [1.807, 2.05) is 12.1 Å². The molecule has 2 aromatic rings. The number of aromatic nitrogens is 3. The molecule has 6 nitrogen and oxygen atoms in total. The number of pyridine rings is 1. The van der Waals surface area contributed by atoms with E-state index in [-0.39, 0.29) is 17.7 Å². The zero-order valence-electron chi connectivity index (χ0n) is 15.6. The lowest BCUT2D eigenvalue weighted by Gasteiger charge is -2.33. The number of nitrogens with two attached hydrogens (primary N) is 1. The van der Waals surface area contributed by atoms with Gasteiger partial charge >= 0.3 is 6.18 Å². The number of carbonyl (C=O) groups is 1. The molecule has 2 heterocycles. The van der Waals surface area contributed by atoms with Crippen molar-refractivity contribution in [3.05, 3.63) is 47.5 Å². The molecule has 28 heavy (non-hydrogen) atoms. The molecule has 1 aliphatic carbocycles. The number of nitrogens with zero attached hydrogens (tertiary/aromatic N) is 3. The van der Waals surface area contributed by atoms with Crippen LogP contribution in [0.3, 0.4) is 0 Å². The quantitative estimate of drug-likeness (QED) is 0.815. The molecule has 152 valence electrons. The number of hydrogen-bond acceptors (Lipinski definition) is 4. The van der Waals surface area contributed by atoms with Crippen molar-refractivity contribution in [2.24, 2.45) is 24.6 Å². The predicted molar refractivity (Wildman–Crippen MR) is 97.2 cm³/mol. The Kier molecular flexibility index (Phi) is 6.02. The van der Waals surface area contributed by atoms with E-state index in [4.69, 9.17) is 5.73 Å². The Labute approximate surface area is 161 Å². The van der Waals surface area contributed by atoms with Crippen LogP contribution in [-0.2, 0) is 13.2 Å². The summed E-state index contributed by atoms with van der Waals surface area (Å²) in [6.45, 7) is 0.640. The van der Waals surface area contributed by atoms with E-state index in [0.717, 1.165) is 31.7 Å². The van der Waals surface area contributed by atoms with E-state index >= 15 is 0 Å². The molecule has 1 atom stereocenters. The third-order valence-electron chi connectivity index (χ3n) is 5.39. The predicted octanol–water partition coefficient (Wildman–Crippen LogP) is 3.07. The van der Waals surface area contributed by atoms with E-state index in [0.29, 0.717) is 22.8 Å². The highest BCUT2D eigenvalue weighted by molar-refractivity contribution is 5.92. The first-order chi connectivity index (χ1) is 13.3. The Hall–Kier alpha value is -2.42. The van der Waals surface area contributed by atoms with Crippen LogP contribution in [0.2, 0.25) is 0 Å². The second-order valence-electron chi connectivity index (χ2n) is 7.26. The molecule has 1 aliphatic rings. The molecular weight excluding hydrogens is 371 g/mol. The fourth-order valence-electron chi connectivity index (χ4n) is 3.81. The lowest BCUT2D eigenvalue weighted by Crippen LogP contribution is -2.36. The molecule has 3 N–H and O–H groups in total. The first-order valence-electron chi connectivity index (χ1n) is 9.32. The number of aryl methyl sites for hydroxylation is 1. The number of carbonyl (C=O) groups excluding carboxylic acids is 1. The van der Waals surface area contributed by atoms with Gasteiger partial charge in [0, 0.05) is 19.3 Å². The van der Waals surface area contributed by atoms with E-state index in [1.54, 1.807) is 12.3 Å². The van der Waals surface area contributed by atoms with Crippen molar-refractivity contribution >= 4 is 5.91 Å². The summed E-state index contributed by atoms with van der Waals surface area (Å²) in [5.41, 5.74) is 5.23. The number of hydrogen-bond donors (Lipinski definition) is 2. The standard InChI is InChI=1S/C19H24F3N5O/c1-27-16(19(20,21)22)10-15(26-27)18(28)25-17(14-4-2-3-9-24-14)13-7-5-12(11-23)6-8-13/h2-4,9-10,12-13,17H,5-8,11,23H2,1H3,(H,25,28)/t12?,13?,17-/m1/s1. The molecule has 2 aromatic heterocycles. The van der Waals surface area contributed by atoms with E-state index in [9.17, 15) is 18.0 Å². The lowest BCUT2D eigenvalue weighted by atomic mass is 9.77. The number of halogens is 3. The zero-order chi connectivity index (χ0) is 20.3. The molecule has 0 spiro atoms. The Bertz CT molecular complexity index is 798. The molecule has 0 radical (unpaired) electrons. The molecule has 0 aromatic carbocycles. The van der Waals surface area contributed by atoms with Gasteiger partial charge in [0.1, 0.15) is 5.69 Å². The van der Waals surface area contributed by atoms with Gasteiger partial charge in [0.2, 0.25) is 0 Å². The molecule has 9 heteroatoms. The highest BCUT2D eigenvalue weighted by atomic mass is 19.4. The zero-order valence-corrected chi connectivity index (χ0v) is 15.6. The Morgan fingerprint density at radius 3 is 2.57 bits per heavy atom. The number of alkyl halides is 3. The fourth-order valence-corrected chi connectivity index (χ4v) is 3.81. The number of nitrogens with one attached hydrogen (secondary N) is 1. The Morgan fingerprint density at radius 2 is 2.04 bits per heavy atom. The van der Waals surface area contributed by atoms with Crippen LogP contribution < -0.4 is 11.1 Å². The summed E-state index contributed by atoms with van der Waals surface area (Å²) in [4.78, 5) is 17.0. The maximum Gasteiger partial charge on any atom is 0.433 e. The summed E-state index contributed by atoms with van der Waals surface area (Å²) in [6, 6.07) is 5.82. The Balaban J connectivity index is 1.81. The monoisotopic (exact) mass is 395 g/mol. The highest BCUT2D eigenvalue weighted by Crippen LogP contribution is 2.36. The third-order valence-corrected chi connectivity index (χ3v) is 5.39. The summed E-state index contributed by atoms with van der Waals surface area (Å²) in [6.07, 6.45) is 0.743. The van der Waals surface area contributed by atoms with Crippen LogP contribution in [0.4, 0.5) is 13.2 Å². The molecule has 0 bridgehead atoms. The summed E-state index contributed by atoms with van der Waals surface area (Å²) in [5.74, 6) is -0.0170. The minimum atomic E-state index is -4.57. The molecular formula is C19H24F3N5O. The van der Waals surface area contributed by atoms with Gasteiger partial charge < -0.3 is 11.1 Å². The summed E-state index contributed by atoms with van der Waals surface area (Å²) in [7, 11) is 1.17. The lowest BCUT2D eigenvalue weighted by molar-refractivity contribution is -0.143. The van der Waals surface area contributed by atoms with Gasteiger partial charge in [0.15, 0.2) is 5.69 Å². The van der Waals surface area contributed by atoms with Crippen molar-refractivity contribution in [1.29, 1.82) is 0 Å². The normalized spacial score (nSPS) is 21.3. The first-order valence-corrected chi connectivity index (χ1v) is 9.32. The van der Waals surface area contributed by atoms with Crippen molar-refractivity contribution < 1.29 is 18.0 Å². The average Bonchev–Trinajstić information content (AvgIpc) is 3.09. The summed E-state index contributed by atoms with van der Waals surface area (Å²) in [5, 5.41) is 6.61. The van der Waals surface area contributed by atoms with Crippen LogP contribution in [0.15, 0.2) is 30.5 Å². The SMILES string of the molecule is Cn1nc(C(=O)N[C@@H](c2ccccn2)C2CCC(CN)CC2)cc1C(F)(F)F. The molecule has 0 aliphatic heterocycles. The van der Waals surface area contributed by atoms with Crippen molar-refractivity contribution in [3.63, 3.8) is 0 Å². The highest BCUT2D eigenvalue weighted by Gasteiger charge is 2.36. The van der Waals surface area contributed by atoms with Crippen LogP contribution in [0.5, 0.6) is 0 Å². The fraction of sp³-hybridized carbons (Fsp3) is 0.526. The molecule has 1 fully saturated rings. The van der Waals surface area contributed by atoms with Gasteiger partial charge in [-0.1, -0.05) is 6.07 Å². The number of amides is 1. The molecule has 1 saturated carbocycles. The average molecular weight is 395 g/mol. The van der Waals surface area contributed by atoms with Crippen LogP contribution in [0, 0.1) is 11.8 Å². The van der Waals surface area contributed by atoms with E-state index in [1.165, 1.54) is 7.05 Å². The first kappa shape index (κ1) is 20.3. The molecule has 0 saturated heterocycles. The van der Waals surface area contributed by atoms with Gasteiger partial charge in [-0.2, -0.15) is 18.3 Å². The van der Waals surface area contributed by atoms with Crippen molar-refractivity contribution in [2.75, 3.05) is 6.54 Å². The summed E-state index contributed by atoms with van der Waals surface area (Å²) < 4.78 is 39.7. The second kappa shape index (κ2) is 8.30. The minimum absolute atomic E-state index is 0.146. The second-order valence-corrected chi connectivity index (χ2v) is 7.26. The molecule has 0 unspecified atom stereocenters. The third kappa shape index (κ3) is 4.52. The summed E-state index contributed by atoms with van der Waals surface area (Å²) >= 11 is 0.